The van der Waals surface area contributed by atoms with Gasteiger partial charge in [0.15, 0.2) is 0 Å². The van der Waals surface area contributed by atoms with Crippen molar-refractivity contribution in [2.24, 2.45) is 0 Å². The minimum Gasteiger partial charge on any atom is -0.372 e. The molecule has 4 aromatic rings. The van der Waals surface area contributed by atoms with Crippen LogP contribution in [0.2, 0.25) is 0 Å². The summed E-state index contributed by atoms with van der Waals surface area (Å²) in [5.41, 5.74) is 7.25. The minimum absolute atomic E-state index is 0. The van der Waals surface area contributed by atoms with Gasteiger partial charge >= 0.3 is 0 Å². The van der Waals surface area contributed by atoms with E-state index < -0.39 is 0 Å². The maximum Gasteiger partial charge on any atom is 0.0932 e. The number of benzene rings is 2. The van der Waals surface area contributed by atoms with Crippen molar-refractivity contribution in [2.45, 2.75) is 20.8 Å². The maximum absolute atomic E-state index is 4.67. The molecule has 0 amide bonds. The van der Waals surface area contributed by atoms with Gasteiger partial charge in [-0.2, -0.15) is 0 Å². The smallest absolute Gasteiger partial charge is 0.0932 e. The van der Waals surface area contributed by atoms with E-state index in [0.29, 0.717) is 0 Å². The Kier molecular flexibility index (Phi) is 5.51. The number of pyridine rings is 1. The average Bonchev–Trinajstić information content (AvgIpc) is 3.12. The lowest BCUT2D eigenvalue weighted by atomic mass is 10.1. The summed E-state index contributed by atoms with van der Waals surface area (Å²) < 4.78 is 0. The van der Waals surface area contributed by atoms with Crippen LogP contribution < -0.4 is 10.2 Å². The Hall–Kier alpha value is -2.79. The van der Waals surface area contributed by atoms with Crippen molar-refractivity contribution in [3.05, 3.63) is 54.5 Å². The monoisotopic (exact) mass is 381 g/mol. The van der Waals surface area contributed by atoms with Gasteiger partial charge in [0, 0.05) is 35.5 Å². The summed E-state index contributed by atoms with van der Waals surface area (Å²) in [5, 5.41) is 4.63. The van der Waals surface area contributed by atoms with Gasteiger partial charge in [-0.1, -0.05) is 0 Å². The molecule has 0 fully saturated rings. The highest BCUT2D eigenvalue weighted by atomic mass is 35.5. The second-order valence-electron chi connectivity index (χ2n) is 6.41. The van der Waals surface area contributed by atoms with Gasteiger partial charge < -0.3 is 15.2 Å². The van der Waals surface area contributed by atoms with Crippen LogP contribution in [0.5, 0.6) is 0 Å². The molecule has 0 spiro atoms. The van der Waals surface area contributed by atoms with Crippen LogP contribution in [0.4, 0.5) is 17.1 Å². The van der Waals surface area contributed by atoms with Crippen molar-refractivity contribution >= 4 is 51.4 Å². The van der Waals surface area contributed by atoms with Crippen molar-refractivity contribution in [2.75, 3.05) is 23.3 Å². The van der Waals surface area contributed by atoms with E-state index >= 15 is 0 Å². The number of aromatic amines is 1. The summed E-state index contributed by atoms with van der Waals surface area (Å²) in [6.07, 6.45) is 1.73. The molecular weight excluding hydrogens is 358 g/mol. The molecule has 0 radical (unpaired) electrons. The number of nitrogens with one attached hydrogen (secondary N) is 2. The first-order valence-electron chi connectivity index (χ1n) is 9.05. The summed E-state index contributed by atoms with van der Waals surface area (Å²) in [7, 11) is 0. The Morgan fingerprint density at radius 3 is 2.41 bits per heavy atom. The van der Waals surface area contributed by atoms with E-state index in [1.165, 1.54) is 5.69 Å². The van der Waals surface area contributed by atoms with Crippen LogP contribution in [-0.2, 0) is 0 Å². The zero-order chi connectivity index (χ0) is 18.1. The number of anilines is 3. The highest BCUT2D eigenvalue weighted by Gasteiger charge is 2.10. The Balaban J connectivity index is 0.00000210. The third-order valence-electron chi connectivity index (χ3n) is 4.77. The minimum atomic E-state index is 0. The van der Waals surface area contributed by atoms with Crippen molar-refractivity contribution in [1.29, 1.82) is 0 Å². The number of nitrogens with zero attached hydrogens (tertiary/aromatic N) is 3. The van der Waals surface area contributed by atoms with Crippen LogP contribution in [-0.4, -0.2) is 28.0 Å². The molecular formula is C21H24ClN5. The molecule has 140 valence electrons. The Bertz CT molecular complexity index is 1050. The van der Waals surface area contributed by atoms with Crippen molar-refractivity contribution in [3.8, 4) is 0 Å². The van der Waals surface area contributed by atoms with Gasteiger partial charge in [-0.15, -0.1) is 12.4 Å². The van der Waals surface area contributed by atoms with E-state index in [4.69, 9.17) is 0 Å². The van der Waals surface area contributed by atoms with Crippen molar-refractivity contribution in [3.63, 3.8) is 0 Å². The van der Waals surface area contributed by atoms with Gasteiger partial charge in [-0.3, -0.25) is 4.98 Å². The normalized spacial score (nSPS) is 10.8. The van der Waals surface area contributed by atoms with E-state index in [1.54, 1.807) is 6.33 Å². The van der Waals surface area contributed by atoms with Gasteiger partial charge in [0.1, 0.15) is 0 Å². The van der Waals surface area contributed by atoms with E-state index in [9.17, 15) is 0 Å². The van der Waals surface area contributed by atoms with Crippen LogP contribution in [0.1, 0.15) is 19.5 Å². The molecule has 5 nitrogen and oxygen atoms in total. The predicted molar refractivity (Wildman–Crippen MR) is 117 cm³/mol. The number of aryl methyl sites for hydroxylation is 1. The van der Waals surface area contributed by atoms with E-state index in [2.05, 4.69) is 69.3 Å². The first-order chi connectivity index (χ1) is 12.7. The summed E-state index contributed by atoms with van der Waals surface area (Å²) in [5.74, 6) is 0. The molecule has 2 heterocycles. The Labute approximate surface area is 165 Å². The number of rotatable bonds is 5. The third-order valence-corrected chi connectivity index (χ3v) is 4.77. The molecule has 4 rings (SSSR count). The molecule has 0 unspecified atom stereocenters. The molecule has 0 atom stereocenters. The summed E-state index contributed by atoms with van der Waals surface area (Å²) >= 11 is 0. The number of halogens is 1. The molecule has 2 N–H and O–H groups in total. The average molecular weight is 382 g/mol. The largest absolute Gasteiger partial charge is 0.372 e. The highest BCUT2D eigenvalue weighted by molar-refractivity contribution is 6.10. The standard InChI is InChI=1S/C21H23N5.ClH/c1-4-26(5-2)16-8-6-15(7-9-16)25-19-12-14(3)24-17-10-11-18-21(20(17)19)23-13-22-18;/h6-13H,4-5H2,1-3H3,(H,22,23)(H,24,25);1H. The van der Waals surface area contributed by atoms with Gasteiger partial charge in [-0.25, -0.2) is 4.98 Å². The van der Waals surface area contributed by atoms with Gasteiger partial charge in [0.25, 0.3) is 0 Å². The molecule has 0 aliphatic heterocycles. The lowest BCUT2D eigenvalue weighted by molar-refractivity contribution is 0.866. The zero-order valence-electron chi connectivity index (χ0n) is 15.8. The zero-order valence-corrected chi connectivity index (χ0v) is 16.6. The van der Waals surface area contributed by atoms with Gasteiger partial charge in [0.2, 0.25) is 0 Å². The molecule has 0 bridgehead atoms. The fourth-order valence-corrected chi connectivity index (χ4v) is 3.47. The van der Waals surface area contributed by atoms with Crippen LogP contribution in [0.25, 0.3) is 21.9 Å². The number of hydrogen-bond acceptors (Lipinski definition) is 4. The number of imidazole rings is 1. The fourth-order valence-electron chi connectivity index (χ4n) is 3.47. The SMILES string of the molecule is CCN(CC)c1ccc(Nc2cc(C)nc3ccc4nc[nH]c4c23)cc1.Cl. The molecule has 2 aromatic heterocycles. The highest BCUT2D eigenvalue weighted by Crippen LogP contribution is 2.32. The molecule has 0 saturated heterocycles. The molecule has 0 aliphatic rings. The first kappa shape index (κ1) is 19.0. The quantitative estimate of drug-likeness (QED) is 0.484. The summed E-state index contributed by atoms with van der Waals surface area (Å²) in [4.78, 5) is 14.6. The maximum atomic E-state index is 4.67. The van der Waals surface area contributed by atoms with Crippen LogP contribution in [0.15, 0.2) is 48.8 Å². The van der Waals surface area contributed by atoms with E-state index in [-0.39, 0.29) is 12.4 Å². The topological polar surface area (TPSA) is 56.8 Å². The first-order valence-corrected chi connectivity index (χ1v) is 9.05. The second kappa shape index (κ2) is 7.84. The number of H-pyrrole nitrogens is 1. The third kappa shape index (κ3) is 3.55. The van der Waals surface area contributed by atoms with Crippen LogP contribution in [0.3, 0.4) is 0 Å². The molecule has 0 saturated carbocycles. The molecule has 6 heteroatoms. The Morgan fingerprint density at radius 1 is 1.00 bits per heavy atom. The van der Waals surface area contributed by atoms with Gasteiger partial charge in [-0.05, 0) is 63.2 Å². The van der Waals surface area contributed by atoms with Crippen molar-refractivity contribution < 1.29 is 0 Å². The number of fused-ring (bicyclic) bond motifs is 3. The fraction of sp³-hybridized carbons (Fsp3) is 0.238. The lowest BCUT2D eigenvalue weighted by Gasteiger charge is -2.21. The summed E-state index contributed by atoms with van der Waals surface area (Å²) in [6, 6.07) is 14.7. The van der Waals surface area contributed by atoms with Crippen LogP contribution >= 0.6 is 12.4 Å². The lowest BCUT2D eigenvalue weighted by Crippen LogP contribution is -2.21. The number of aromatic nitrogens is 3. The molecule has 0 aliphatic carbocycles. The van der Waals surface area contributed by atoms with Crippen molar-refractivity contribution in [1.82, 2.24) is 15.0 Å². The predicted octanol–water partition coefficient (Wildman–Crippen LogP) is 5.43. The summed E-state index contributed by atoms with van der Waals surface area (Å²) in [6.45, 7) is 8.39. The number of hydrogen-bond donors (Lipinski definition) is 2. The Morgan fingerprint density at radius 2 is 1.70 bits per heavy atom. The van der Waals surface area contributed by atoms with Gasteiger partial charge in [0.05, 0.1) is 28.6 Å². The van der Waals surface area contributed by atoms with E-state index in [1.807, 2.05) is 19.1 Å². The molecule has 27 heavy (non-hydrogen) atoms. The van der Waals surface area contributed by atoms with E-state index in [0.717, 1.165) is 52.1 Å². The molecule has 2 aromatic carbocycles. The van der Waals surface area contributed by atoms with Crippen LogP contribution in [0, 0.1) is 6.92 Å². The second-order valence-corrected chi connectivity index (χ2v) is 6.41.